The van der Waals surface area contributed by atoms with Crippen LogP contribution in [0.15, 0.2) is 18.2 Å². The maximum atomic E-state index is 12.5. The number of carboxylic acids is 1. The first kappa shape index (κ1) is 22.5. The zero-order chi connectivity index (χ0) is 21.0. The lowest BCUT2D eigenvalue weighted by molar-refractivity contribution is -0.385. The monoisotopic (exact) mass is 382 g/mol. The molecule has 10 nitrogen and oxygen atoms in total. The van der Waals surface area contributed by atoms with Gasteiger partial charge in [0.15, 0.2) is 0 Å². The van der Waals surface area contributed by atoms with E-state index in [-0.39, 0.29) is 24.1 Å². The van der Waals surface area contributed by atoms with Gasteiger partial charge in [-0.05, 0) is 39.2 Å². The first-order chi connectivity index (χ1) is 12.2. The summed E-state index contributed by atoms with van der Waals surface area (Å²) in [5, 5.41) is 41.1. The minimum atomic E-state index is -1.88. The molecule has 4 N–H and O–H groups in total. The fourth-order valence-electron chi connectivity index (χ4n) is 2.26. The van der Waals surface area contributed by atoms with E-state index in [1.165, 1.54) is 0 Å². The molecular weight excluding hydrogens is 359 g/mol. The van der Waals surface area contributed by atoms with Crippen LogP contribution < -0.4 is 10.8 Å². The summed E-state index contributed by atoms with van der Waals surface area (Å²) in [4.78, 5) is 33.8. The molecule has 1 aromatic rings. The number of carboxylic acid groups (broad SMARTS) is 1. The van der Waals surface area contributed by atoms with Crippen molar-refractivity contribution >= 4 is 30.1 Å². The van der Waals surface area contributed by atoms with Crippen molar-refractivity contribution in [1.82, 2.24) is 5.32 Å². The van der Waals surface area contributed by atoms with Crippen LogP contribution in [0, 0.1) is 10.1 Å². The van der Waals surface area contributed by atoms with Gasteiger partial charge < -0.3 is 25.2 Å². The molecule has 0 aliphatic rings. The predicted octanol–water partition coefficient (Wildman–Crippen LogP) is 0.0529. The van der Waals surface area contributed by atoms with Gasteiger partial charge in [-0.1, -0.05) is 6.07 Å². The lowest BCUT2D eigenvalue weighted by atomic mass is 9.79. The Balaban J connectivity index is 2.97. The standard InChI is InChI=1S/C16H23BN2O8/c1-15(2,9-27-16(3,4)8-13(20)21)18-14(22)11-7-10(17(23)24)5-6-12(11)19(25)26/h5-7,23-24H,8-9H2,1-4H3,(H,18,22)(H,20,21). The van der Waals surface area contributed by atoms with Crippen LogP contribution in [0.5, 0.6) is 0 Å². The summed E-state index contributed by atoms with van der Waals surface area (Å²) in [5.74, 6) is -1.83. The lowest BCUT2D eigenvalue weighted by Gasteiger charge is -2.31. The van der Waals surface area contributed by atoms with Gasteiger partial charge in [-0.25, -0.2) is 0 Å². The van der Waals surface area contributed by atoms with Gasteiger partial charge in [-0.15, -0.1) is 0 Å². The average Bonchev–Trinajstić information content (AvgIpc) is 2.51. The number of nitro benzene ring substituents is 1. The molecule has 1 aromatic carbocycles. The van der Waals surface area contributed by atoms with Gasteiger partial charge in [0.05, 0.1) is 29.1 Å². The second-order valence-electron chi connectivity index (χ2n) is 7.36. The molecule has 0 saturated heterocycles. The number of carbonyl (C=O) groups is 2. The molecule has 0 aliphatic heterocycles. The quantitative estimate of drug-likeness (QED) is 0.265. The number of carbonyl (C=O) groups excluding carboxylic acids is 1. The largest absolute Gasteiger partial charge is 0.488 e. The first-order valence-electron chi connectivity index (χ1n) is 8.07. The third-order valence-corrected chi connectivity index (χ3v) is 3.61. The molecule has 0 saturated carbocycles. The van der Waals surface area contributed by atoms with Gasteiger partial charge in [0.2, 0.25) is 0 Å². The number of nitro groups is 1. The summed E-state index contributed by atoms with van der Waals surface area (Å²) in [6.45, 7) is 6.36. The van der Waals surface area contributed by atoms with Crippen molar-refractivity contribution in [3.8, 4) is 0 Å². The zero-order valence-electron chi connectivity index (χ0n) is 15.6. The highest BCUT2D eigenvalue weighted by Gasteiger charge is 2.31. The summed E-state index contributed by atoms with van der Waals surface area (Å²) in [5.41, 5.74) is -2.83. The Morgan fingerprint density at radius 2 is 1.85 bits per heavy atom. The van der Waals surface area contributed by atoms with E-state index >= 15 is 0 Å². The summed E-state index contributed by atoms with van der Waals surface area (Å²) in [7, 11) is -1.88. The van der Waals surface area contributed by atoms with E-state index in [4.69, 9.17) is 9.84 Å². The van der Waals surface area contributed by atoms with E-state index in [0.29, 0.717) is 0 Å². The van der Waals surface area contributed by atoms with Crippen molar-refractivity contribution in [2.24, 2.45) is 0 Å². The maximum Gasteiger partial charge on any atom is 0.488 e. The Morgan fingerprint density at radius 1 is 1.26 bits per heavy atom. The number of hydrogen-bond acceptors (Lipinski definition) is 7. The van der Waals surface area contributed by atoms with E-state index in [2.05, 4.69) is 5.32 Å². The van der Waals surface area contributed by atoms with Crippen molar-refractivity contribution in [2.75, 3.05) is 6.61 Å². The van der Waals surface area contributed by atoms with Crippen molar-refractivity contribution in [1.29, 1.82) is 0 Å². The molecule has 1 rings (SSSR count). The molecule has 0 aliphatic carbocycles. The third kappa shape index (κ3) is 6.97. The number of nitrogens with zero attached hydrogens (tertiary/aromatic N) is 1. The van der Waals surface area contributed by atoms with Gasteiger partial charge >= 0.3 is 13.1 Å². The average molecular weight is 382 g/mol. The Hall–Kier alpha value is -2.50. The topological polar surface area (TPSA) is 159 Å². The van der Waals surface area contributed by atoms with Gasteiger partial charge in [0, 0.05) is 6.07 Å². The predicted molar refractivity (Wildman–Crippen MR) is 96.8 cm³/mol. The number of benzene rings is 1. The first-order valence-corrected chi connectivity index (χ1v) is 8.07. The van der Waals surface area contributed by atoms with Crippen molar-refractivity contribution in [3.05, 3.63) is 33.9 Å². The van der Waals surface area contributed by atoms with Crippen molar-refractivity contribution in [3.63, 3.8) is 0 Å². The highest BCUT2D eigenvalue weighted by molar-refractivity contribution is 6.58. The molecule has 1 amide bonds. The molecule has 11 heteroatoms. The van der Waals surface area contributed by atoms with E-state index in [0.717, 1.165) is 18.2 Å². The molecule has 0 spiro atoms. The normalized spacial score (nSPS) is 11.8. The van der Waals surface area contributed by atoms with Crippen LogP contribution in [0.25, 0.3) is 0 Å². The molecule has 0 bridgehead atoms. The fraction of sp³-hybridized carbons (Fsp3) is 0.500. The van der Waals surface area contributed by atoms with Gasteiger partial charge in [0.25, 0.3) is 11.6 Å². The van der Waals surface area contributed by atoms with Crippen LogP contribution in [0.2, 0.25) is 0 Å². The molecule has 0 heterocycles. The molecule has 27 heavy (non-hydrogen) atoms. The van der Waals surface area contributed by atoms with Gasteiger partial charge in [0.1, 0.15) is 5.56 Å². The van der Waals surface area contributed by atoms with Crippen LogP contribution in [0.3, 0.4) is 0 Å². The molecule has 0 atom stereocenters. The van der Waals surface area contributed by atoms with E-state index in [9.17, 15) is 29.8 Å². The molecule has 0 fully saturated rings. The van der Waals surface area contributed by atoms with E-state index in [1.807, 2.05) is 0 Å². The Labute approximate surface area is 156 Å². The highest BCUT2D eigenvalue weighted by atomic mass is 16.6. The lowest BCUT2D eigenvalue weighted by Crippen LogP contribution is -2.49. The van der Waals surface area contributed by atoms with Crippen LogP contribution in [-0.4, -0.2) is 56.8 Å². The van der Waals surface area contributed by atoms with E-state index < -0.39 is 40.7 Å². The number of ether oxygens (including phenoxy) is 1. The second-order valence-corrected chi connectivity index (χ2v) is 7.36. The SMILES string of the molecule is CC(C)(COC(C)(C)CC(=O)O)NC(=O)c1cc(B(O)O)ccc1[N+](=O)[O-]. The highest BCUT2D eigenvalue weighted by Crippen LogP contribution is 2.20. The summed E-state index contributed by atoms with van der Waals surface area (Å²) < 4.78 is 5.57. The third-order valence-electron chi connectivity index (χ3n) is 3.61. The van der Waals surface area contributed by atoms with Crippen LogP contribution >= 0.6 is 0 Å². The van der Waals surface area contributed by atoms with Gasteiger partial charge in [-0.3, -0.25) is 19.7 Å². The second kappa shape index (κ2) is 8.46. The molecular formula is C16H23BN2O8. The Morgan fingerprint density at radius 3 is 2.33 bits per heavy atom. The van der Waals surface area contributed by atoms with Crippen LogP contribution in [-0.2, 0) is 9.53 Å². The Kier molecular flexibility index (Phi) is 7.07. The zero-order valence-corrected chi connectivity index (χ0v) is 15.6. The maximum absolute atomic E-state index is 12.5. The number of amides is 1. The summed E-state index contributed by atoms with van der Waals surface area (Å²) >= 11 is 0. The van der Waals surface area contributed by atoms with Crippen LogP contribution in [0.1, 0.15) is 44.5 Å². The van der Waals surface area contributed by atoms with Crippen molar-refractivity contribution < 1.29 is 34.4 Å². The van der Waals surface area contributed by atoms with Crippen LogP contribution in [0.4, 0.5) is 5.69 Å². The smallest absolute Gasteiger partial charge is 0.481 e. The molecule has 0 radical (unpaired) electrons. The van der Waals surface area contributed by atoms with Gasteiger partial charge in [-0.2, -0.15) is 0 Å². The number of aliphatic carboxylic acids is 1. The minimum Gasteiger partial charge on any atom is -0.481 e. The molecule has 0 aromatic heterocycles. The minimum absolute atomic E-state index is 0.0465. The number of rotatable bonds is 9. The number of nitrogens with one attached hydrogen (secondary N) is 1. The Bertz CT molecular complexity index is 733. The molecule has 0 unspecified atom stereocenters. The summed E-state index contributed by atoms with van der Waals surface area (Å²) in [6.07, 6.45) is -0.237. The van der Waals surface area contributed by atoms with Crippen molar-refractivity contribution in [2.45, 2.75) is 45.3 Å². The number of hydrogen-bond donors (Lipinski definition) is 4. The molecule has 148 valence electrons. The summed E-state index contributed by atoms with van der Waals surface area (Å²) in [6, 6.07) is 3.19. The van der Waals surface area contributed by atoms with E-state index in [1.54, 1.807) is 27.7 Å². The fourth-order valence-corrected chi connectivity index (χ4v) is 2.26.